The van der Waals surface area contributed by atoms with Gasteiger partial charge < -0.3 is 0 Å². The summed E-state index contributed by atoms with van der Waals surface area (Å²) < 4.78 is 1.72. The molecule has 1 aromatic heterocycles. The first kappa shape index (κ1) is 8.78. The van der Waals surface area contributed by atoms with E-state index in [0.29, 0.717) is 5.02 Å². The molecule has 5 heteroatoms. The van der Waals surface area contributed by atoms with E-state index in [9.17, 15) is 0 Å². The third-order valence-electron chi connectivity index (χ3n) is 0.837. The zero-order valence-corrected chi connectivity index (χ0v) is 8.53. The Balaban J connectivity index is 2.96. The molecule has 0 unspecified atom stereocenters. The molecule has 0 N–H and O–H groups in total. The van der Waals surface area contributed by atoms with Gasteiger partial charge in [-0.1, -0.05) is 0 Å². The van der Waals surface area contributed by atoms with E-state index in [1.807, 2.05) is 6.07 Å². The average molecular weight is 291 g/mol. The first-order chi connectivity index (χ1) is 4.70. The summed E-state index contributed by atoms with van der Waals surface area (Å²) in [6.07, 6.45) is 3.51. The van der Waals surface area contributed by atoms with Crippen molar-refractivity contribution in [3.05, 3.63) is 29.5 Å². The second-order valence-electron chi connectivity index (χ2n) is 1.49. The molecule has 1 aromatic rings. The summed E-state index contributed by atoms with van der Waals surface area (Å²) in [6, 6.07) is 3.58. The summed E-state index contributed by atoms with van der Waals surface area (Å²) in [4.78, 5) is 0. The monoisotopic (exact) mass is 289 g/mol. The quantitative estimate of drug-likeness (QED) is 0.699. The first-order valence-electron chi connectivity index (χ1n) is 2.33. The molecule has 59 valence electrons. The summed E-state index contributed by atoms with van der Waals surface area (Å²) in [5.74, 6) is 0. The van der Waals surface area contributed by atoms with Gasteiger partial charge in [0.1, 0.15) is 0 Å². The predicted octanol–water partition coefficient (Wildman–Crippen LogP) is 2.32. The molecule has 1 nitrogen and oxygen atoms in total. The molecule has 0 aromatic carbocycles. The minimum absolute atomic E-state index is 0.648. The van der Waals surface area contributed by atoms with Crippen LogP contribution < -0.4 is 3.20 Å². The Hall–Kier alpha value is 0.682. The Morgan fingerprint density at radius 1 is 1.40 bits per heavy atom. The zero-order chi connectivity index (χ0) is 7.56. The van der Waals surface area contributed by atoms with Crippen LogP contribution in [-0.4, -0.2) is 0 Å². The van der Waals surface area contributed by atoms with Gasteiger partial charge >= 0.3 is 78.4 Å². The van der Waals surface area contributed by atoms with Gasteiger partial charge in [-0.2, -0.15) is 0 Å². The molecule has 0 fully saturated rings. The van der Waals surface area contributed by atoms with E-state index >= 15 is 0 Å². The molecule has 0 amide bonds. The third-order valence-corrected chi connectivity index (χ3v) is 3.56. The Labute approximate surface area is 78.0 Å². The van der Waals surface area contributed by atoms with Crippen molar-refractivity contribution in [3.8, 4) is 0 Å². The van der Waals surface area contributed by atoms with Gasteiger partial charge in [0.15, 0.2) is 0 Å². The summed E-state index contributed by atoms with van der Waals surface area (Å²) in [5, 5.41) is 0.648. The number of nitrogens with zero attached hydrogens (tertiary/aromatic N) is 1. The zero-order valence-electron chi connectivity index (χ0n) is 4.71. The summed E-state index contributed by atoms with van der Waals surface area (Å²) in [6.45, 7) is 0. The number of hydrogen-bond donors (Lipinski definition) is 0. The molecule has 0 spiro atoms. The van der Waals surface area contributed by atoms with Gasteiger partial charge in [-0.15, -0.1) is 0 Å². The van der Waals surface area contributed by atoms with Crippen molar-refractivity contribution in [1.29, 1.82) is 0 Å². The van der Waals surface area contributed by atoms with Crippen LogP contribution >= 0.6 is 30.7 Å². The minimum atomic E-state index is -1.59. The fourth-order valence-electron chi connectivity index (χ4n) is 0.475. The van der Waals surface area contributed by atoms with Crippen molar-refractivity contribution in [2.75, 3.05) is 0 Å². The molecule has 1 rings (SSSR count). The maximum atomic E-state index is 5.67. The second-order valence-corrected chi connectivity index (χ2v) is 6.88. The van der Waals surface area contributed by atoms with Crippen LogP contribution in [0.3, 0.4) is 0 Å². The maximum absolute atomic E-state index is 5.67. The molecule has 0 atom stereocenters. The fourth-order valence-corrected chi connectivity index (χ4v) is 2.23. The number of halogens is 3. The molecule has 0 radical (unpaired) electrons. The first-order valence-corrected chi connectivity index (χ1v) is 7.41. The van der Waals surface area contributed by atoms with Crippen LogP contribution in [0.25, 0.3) is 0 Å². The van der Waals surface area contributed by atoms with Crippen molar-refractivity contribution in [1.82, 2.24) is 0 Å². The van der Waals surface area contributed by atoms with Crippen molar-refractivity contribution in [2.45, 2.75) is 0 Å². The number of pyridine rings is 1. The van der Waals surface area contributed by atoms with Crippen LogP contribution in [-0.2, 0) is 15.0 Å². The van der Waals surface area contributed by atoms with Crippen molar-refractivity contribution < 1.29 is 18.2 Å². The molecular weight excluding hydrogens is 287 g/mol. The Morgan fingerprint density at radius 3 is 2.50 bits per heavy atom. The Kier molecular flexibility index (Phi) is 3.42. The third kappa shape index (κ3) is 2.38. The van der Waals surface area contributed by atoms with Gasteiger partial charge in [-0.3, -0.25) is 0 Å². The second kappa shape index (κ2) is 3.90. The van der Waals surface area contributed by atoms with Gasteiger partial charge in [0.25, 0.3) is 0 Å². The number of aromatic nitrogens is 1. The van der Waals surface area contributed by atoms with Crippen molar-refractivity contribution in [3.63, 3.8) is 0 Å². The molecule has 10 heavy (non-hydrogen) atoms. The molecule has 0 aliphatic rings. The van der Waals surface area contributed by atoms with Gasteiger partial charge in [0, 0.05) is 0 Å². The van der Waals surface area contributed by atoms with Crippen LogP contribution in [0.2, 0.25) is 5.02 Å². The fraction of sp³-hybridized carbons (Fsp3) is 0. The molecule has 0 aliphatic carbocycles. The SMILES string of the molecule is Clc1ccc[n+]([Pd]([Cl])[Cl])c1. The Morgan fingerprint density at radius 2 is 2.10 bits per heavy atom. The standard InChI is InChI=1S/C5H4ClN.2ClH.Pd/c6-5-2-1-3-7-4-5;;;/h1-4H;2*1H;/q;;;+3/p-2. The molecule has 0 aliphatic heterocycles. The normalized spacial score (nSPS) is 11.3. The van der Waals surface area contributed by atoms with Gasteiger partial charge in [0.05, 0.1) is 0 Å². The van der Waals surface area contributed by atoms with Crippen LogP contribution in [0, 0.1) is 0 Å². The average Bonchev–Trinajstić information content (AvgIpc) is 1.88. The number of rotatable bonds is 1. The van der Waals surface area contributed by atoms with Crippen LogP contribution in [0.5, 0.6) is 0 Å². The molecule has 0 saturated carbocycles. The van der Waals surface area contributed by atoms with E-state index in [2.05, 4.69) is 0 Å². The topological polar surface area (TPSA) is 3.88 Å². The molecule has 0 bridgehead atoms. The van der Waals surface area contributed by atoms with E-state index in [1.54, 1.807) is 21.7 Å². The van der Waals surface area contributed by atoms with Gasteiger partial charge in [-0.05, 0) is 0 Å². The molecule has 1 heterocycles. The van der Waals surface area contributed by atoms with Gasteiger partial charge in [0.2, 0.25) is 0 Å². The van der Waals surface area contributed by atoms with E-state index < -0.39 is 15.0 Å². The predicted molar refractivity (Wildman–Crippen MR) is 38.8 cm³/mol. The summed E-state index contributed by atoms with van der Waals surface area (Å²) >= 11 is 4.08. The van der Waals surface area contributed by atoms with E-state index in [1.165, 1.54) is 0 Å². The van der Waals surface area contributed by atoms with Crippen LogP contribution in [0.4, 0.5) is 0 Å². The van der Waals surface area contributed by atoms with Crippen molar-refractivity contribution >= 4 is 30.7 Å². The summed E-state index contributed by atoms with van der Waals surface area (Å²) in [7, 11) is 11.3. The van der Waals surface area contributed by atoms with Crippen LogP contribution in [0.15, 0.2) is 24.5 Å². The summed E-state index contributed by atoms with van der Waals surface area (Å²) in [5.41, 5.74) is 0. The Bertz CT molecular complexity index is 228. The van der Waals surface area contributed by atoms with Crippen LogP contribution in [0.1, 0.15) is 0 Å². The van der Waals surface area contributed by atoms with Gasteiger partial charge in [-0.25, -0.2) is 0 Å². The van der Waals surface area contributed by atoms with E-state index in [4.69, 9.17) is 30.7 Å². The number of hydrogen-bond acceptors (Lipinski definition) is 0. The van der Waals surface area contributed by atoms with E-state index in [0.717, 1.165) is 0 Å². The molecule has 0 saturated heterocycles. The van der Waals surface area contributed by atoms with Crippen molar-refractivity contribution in [2.24, 2.45) is 0 Å². The molecular formula is C5H4Cl3NPd+. The van der Waals surface area contributed by atoms with E-state index in [-0.39, 0.29) is 0 Å².